The van der Waals surface area contributed by atoms with Crippen molar-refractivity contribution in [3.8, 4) is 0 Å². The third kappa shape index (κ3) is 2.82. The molecular weight excluding hydrogens is 275 g/mol. The van der Waals surface area contributed by atoms with Gasteiger partial charge in [-0.1, -0.05) is 0 Å². The second-order valence-corrected chi connectivity index (χ2v) is 5.13. The number of piperazine rings is 1. The van der Waals surface area contributed by atoms with Crippen molar-refractivity contribution in [3.63, 3.8) is 0 Å². The molecule has 2 aliphatic rings. The van der Waals surface area contributed by atoms with Crippen LogP contribution in [0.4, 0.5) is 20.6 Å². The average Bonchev–Trinajstić information content (AvgIpc) is 2.49. The first-order valence-corrected chi connectivity index (χ1v) is 7.02. The van der Waals surface area contributed by atoms with Crippen molar-refractivity contribution in [2.24, 2.45) is 0 Å². The molecule has 0 spiro atoms. The highest BCUT2D eigenvalue weighted by Crippen LogP contribution is 2.26. The van der Waals surface area contributed by atoms with E-state index in [1.165, 1.54) is 11.0 Å². The number of hydrogen-bond acceptors (Lipinski definition) is 4. The second-order valence-electron chi connectivity index (χ2n) is 5.13. The van der Waals surface area contributed by atoms with Crippen LogP contribution in [0, 0.1) is 5.82 Å². The summed E-state index contributed by atoms with van der Waals surface area (Å²) in [4.78, 5) is 26.2. The van der Waals surface area contributed by atoms with E-state index in [-0.39, 0.29) is 24.6 Å². The zero-order chi connectivity index (χ0) is 14.8. The van der Waals surface area contributed by atoms with Gasteiger partial charge >= 0.3 is 6.03 Å². The smallest absolute Gasteiger partial charge is 0.328 e. The van der Waals surface area contributed by atoms with Gasteiger partial charge in [-0.3, -0.25) is 15.0 Å². The van der Waals surface area contributed by atoms with E-state index in [0.29, 0.717) is 0 Å². The number of benzene rings is 1. The van der Waals surface area contributed by atoms with Crippen LogP contribution in [-0.2, 0) is 4.79 Å². The number of carbonyl (C=O) groups is 2. The Balaban J connectivity index is 1.81. The third-order valence-corrected chi connectivity index (χ3v) is 3.76. The summed E-state index contributed by atoms with van der Waals surface area (Å²) in [5.74, 6) is -0.773. The van der Waals surface area contributed by atoms with Gasteiger partial charge in [-0.15, -0.1) is 0 Å². The summed E-state index contributed by atoms with van der Waals surface area (Å²) in [6.45, 7) is 3.61. The van der Waals surface area contributed by atoms with E-state index in [1.807, 2.05) is 6.07 Å². The molecule has 0 atom stereocenters. The zero-order valence-electron chi connectivity index (χ0n) is 11.6. The molecule has 112 valence electrons. The van der Waals surface area contributed by atoms with E-state index in [4.69, 9.17) is 0 Å². The zero-order valence-corrected chi connectivity index (χ0v) is 11.6. The summed E-state index contributed by atoms with van der Waals surface area (Å²) >= 11 is 0. The van der Waals surface area contributed by atoms with E-state index >= 15 is 0 Å². The Labute approximate surface area is 121 Å². The quantitative estimate of drug-likeness (QED) is 0.841. The molecule has 0 aliphatic carbocycles. The largest absolute Gasteiger partial charge is 0.369 e. The summed E-state index contributed by atoms with van der Waals surface area (Å²) < 4.78 is 14.3. The molecule has 1 aromatic carbocycles. The number of imide groups is 1. The number of nitrogens with zero attached hydrogens (tertiary/aromatic N) is 2. The van der Waals surface area contributed by atoms with Gasteiger partial charge in [0.05, 0.1) is 5.69 Å². The lowest BCUT2D eigenvalue weighted by molar-refractivity contribution is -0.120. The summed E-state index contributed by atoms with van der Waals surface area (Å²) in [7, 11) is 0. The molecule has 0 radical (unpaired) electrons. The summed E-state index contributed by atoms with van der Waals surface area (Å²) in [5, 5.41) is 5.44. The summed E-state index contributed by atoms with van der Waals surface area (Å²) in [6, 6.07) is 4.29. The van der Waals surface area contributed by atoms with Crippen LogP contribution < -0.4 is 20.4 Å². The Kier molecular flexibility index (Phi) is 3.74. The Bertz CT molecular complexity index is 572. The van der Waals surface area contributed by atoms with Crippen molar-refractivity contribution in [1.82, 2.24) is 10.6 Å². The fraction of sp³-hybridized carbons (Fsp3) is 0.429. The van der Waals surface area contributed by atoms with E-state index in [1.54, 1.807) is 6.07 Å². The minimum absolute atomic E-state index is 0.185. The van der Waals surface area contributed by atoms with Crippen molar-refractivity contribution >= 4 is 23.3 Å². The van der Waals surface area contributed by atoms with Gasteiger partial charge in [-0.2, -0.15) is 0 Å². The molecule has 1 aromatic rings. The first-order valence-electron chi connectivity index (χ1n) is 7.02. The molecule has 2 aliphatic heterocycles. The van der Waals surface area contributed by atoms with Crippen LogP contribution in [0.3, 0.4) is 0 Å². The minimum Gasteiger partial charge on any atom is -0.369 e. The molecule has 3 rings (SSSR count). The molecule has 2 fully saturated rings. The number of amides is 3. The summed E-state index contributed by atoms with van der Waals surface area (Å²) in [6.07, 6.45) is 0.185. The van der Waals surface area contributed by atoms with Crippen LogP contribution in [0.15, 0.2) is 18.2 Å². The summed E-state index contributed by atoms with van der Waals surface area (Å²) in [5.41, 5.74) is 1.02. The van der Waals surface area contributed by atoms with Crippen molar-refractivity contribution in [2.75, 3.05) is 42.5 Å². The van der Waals surface area contributed by atoms with E-state index in [2.05, 4.69) is 15.5 Å². The maximum Gasteiger partial charge on any atom is 0.328 e. The Hall–Kier alpha value is -2.15. The van der Waals surface area contributed by atoms with Gasteiger partial charge in [0.1, 0.15) is 5.82 Å². The van der Waals surface area contributed by atoms with Crippen LogP contribution in [0.25, 0.3) is 0 Å². The second kappa shape index (κ2) is 5.69. The van der Waals surface area contributed by atoms with Crippen molar-refractivity contribution in [3.05, 3.63) is 24.0 Å². The molecule has 7 heteroatoms. The molecule has 0 saturated carbocycles. The molecule has 2 N–H and O–H groups in total. The standard InChI is InChI=1S/C14H17FN4O2/c15-11-9-10(18-7-4-16-5-8-18)1-2-12(11)19-6-3-13(20)17-14(19)21/h1-2,9,16H,3-8H2,(H,17,20,21). The molecule has 0 aromatic heterocycles. The Morgan fingerprint density at radius 2 is 1.86 bits per heavy atom. The Morgan fingerprint density at radius 3 is 2.52 bits per heavy atom. The monoisotopic (exact) mass is 292 g/mol. The number of nitrogens with one attached hydrogen (secondary N) is 2. The van der Waals surface area contributed by atoms with Gasteiger partial charge in [0.25, 0.3) is 0 Å². The normalized spacial score (nSPS) is 19.7. The maximum absolute atomic E-state index is 14.3. The number of urea groups is 1. The molecule has 2 saturated heterocycles. The van der Waals surface area contributed by atoms with E-state index in [9.17, 15) is 14.0 Å². The number of hydrogen-bond donors (Lipinski definition) is 2. The van der Waals surface area contributed by atoms with Gasteiger partial charge in [0.2, 0.25) is 5.91 Å². The van der Waals surface area contributed by atoms with Crippen LogP contribution in [0.5, 0.6) is 0 Å². The highest BCUT2D eigenvalue weighted by atomic mass is 19.1. The number of carbonyl (C=O) groups excluding carboxylic acids is 2. The molecule has 6 nitrogen and oxygen atoms in total. The number of halogens is 1. The van der Waals surface area contributed by atoms with Gasteiger partial charge in [-0.05, 0) is 18.2 Å². The molecule has 0 bridgehead atoms. The fourth-order valence-corrected chi connectivity index (χ4v) is 2.63. The van der Waals surface area contributed by atoms with Crippen molar-refractivity contribution in [2.45, 2.75) is 6.42 Å². The molecule has 2 heterocycles. The first-order chi connectivity index (χ1) is 10.1. The lowest BCUT2D eigenvalue weighted by atomic mass is 10.2. The lowest BCUT2D eigenvalue weighted by Crippen LogP contribution is -2.50. The van der Waals surface area contributed by atoms with E-state index in [0.717, 1.165) is 31.9 Å². The number of anilines is 2. The average molecular weight is 292 g/mol. The highest BCUT2D eigenvalue weighted by molar-refractivity contribution is 6.05. The van der Waals surface area contributed by atoms with Crippen LogP contribution >= 0.6 is 0 Å². The third-order valence-electron chi connectivity index (χ3n) is 3.76. The van der Waals surface area contributed by atoms with Gasteiger partial charge in [0.15, 0.2) is 0 Å². The first kappa shape index (κ1) is 13.8. The van der Waals surface area contributed by atoms with Crippen LogP contribution in [0.2, 0.25) is 0 Å². The predicted octanol–water partition coefficient (Wildman–Crippen LogP) is 0.682. The molecule has 3 amide bonds. The molecule has 0 unspecified atom stereocenters. The van der Waals surface area contributed by atoms with E-state index < -0.39 is 11.8 Å². The van der Waals surface area contributed by atoms with Gasteiger partial charge in [-0.25, -0.2) is 9.18 Å². The lowest BCUT2D eigenvalue weighted by Gasteiger charge is -2.31. The fourth-order valence-electron chi connectivity index (χ4n) is 2.63. The van der Waals surface area contributed by atoms with Crippen LogP contribution in [0.1, 0.15) is 6.42 Å². The SMILES string of the molecule is O=C1CCN(c2ccc(N3CCNCC3)cc2F)C(=O)N1. The maximum atomic E-state index is 14.3. The Morgan fingerprint density at radius 1 is 1.10 bits per heavy atom. The van der Waals surface area contributed by atoms with Crippen LogP contribution in [-0.4, -0.2) is 44.7 Å². The van der Waals surface area contributed by atoms with Gasteiger partial charge < -0.3 is 10.2 Å². The minimum atomic E-state index is -0.569. The molecular formula is C14H17FN4O2. The number of rotatable bonds is 2. The predicted molar refractivity (Wildman–Crippen MR) is 77.0 cm³/mol. The van der Waals surface area contributed by atoms with Crippen molar-refractivity contribution < 1.29 is 14.0 Å². The topological polar surface area (TPSA) is 64.7 Å². The van der Waals surface area contributed by atoms with Crippen molar-refractivity contribution in [1.29, 1.82) is 0 Å². The molecule has 21 heavy (non-hydrogen) atoms. The highest BCUT2D eigenvalue weighted by Gasteiger charge is 2.26. The van der Waals surface area contributed by atoms with Gasteiger partial charge in [0, 0.05) is 44.8 Å².